The van der Waals surface area contributed by atoms with Crippen molar-refractivity contribution in [2.45, 2.75) is 51.7 Å². The zero-order valence-corrected chi connectivity index (χ0v) is 17.6. The Kier molecular flexibility index (Phi) is 8.63. The number of amides is 2. The largest absolute Gasteiger partial charge is 0.483 e. The first-order chi connectivity index (χ1) is 13.8. The van der Waals surface area contributed by atoms with E-state index in [1.165, 1.54) is 0 Å². The van der Waals surface area contributed by atoms with Crippen molar-refractivity contribution in [3.05, 3.63) is 18.5 Å². The molecule has 2 fully saturated rings. The van der Waals surface area contributed by atoms with Gasteiger partial charge in [-0.25, -0.2) is 14.8 Å². The minimum absolute atomic E-state index is 0.0496. The molecule has 0 spiro atoms. The fourth-order valence-corrected chi connectivity index (χ4v) is 3.62. The van der Waals surface area contributed by atoms with Crippen LogP contribution in [0.15, 0.2) is 18.5 Å². The van der Waals surface area contributed by atoms with Crippen LogP contribution in [0.2, 0.25) is 0 Å². The van der Waals surface area contributed by atoms with Gasteiger partial charge in [-0.05, 0) is 45.7 Å². The Labute approximate surface area is 172 Å². The van der Waals surface area contributed by atoms with Gasteiger partial charge in [-0.1, -0.05) is 0 Å². The molecule has 2 aliphatic heterocycles. The summed E-state index contributed by atoms with van der Waals surface area (Å²) in [5, 5.41) is 10.0. The molecule has 0 bridgehead atoms. The van der Waals surface area contributed by atoms with Gasteiger partial charge in [0.15, 0.2) is 0 Å². The van der Waals surface area contributed by atoms with Crippen molar-refractivity contribution in [1.82, 2.24) is 25.1 Å². The van der Waals surface area contributed by atoms with Gasteiger partial charge < -0.3 is 20.1 Å². The van der Waals surface area contributed by atoms with Gasteiger partial charge >= 0.3 is 12.0 Å². The summed E-state index contributed by atoms with van der Waals surface area (Å²) in [6, 6.07) is 2.24. The average molecular weight is 408 g/mol. The molecule has 0 saturated carbocycles. The molecule has 1 aromatic rings. The minimum Gasteiger partial charge on any atom is -0.483 e. The number of urea groups is 1. The molecular formula is C20H33N5O4. The van der Waals surface area contributed by atoms with Crippen LogP contribution >= 0.6 is 0 Å². The number of ether oxygens (including phenoxy) is 1. The van der Waals surface area contributed by atoms with Crippen molar-refractivity contribution >= 4 is 12.5 Å². The molecule has 2 N–H and O–H groups in total. The molecule has 162 valence electrons. The summed E-state index contributed by atoms with van der Waals surface area (Å²) < 4.78 is 5.78. The lowest BCUT2D eigenvalue weighted by Gasteiger charge is -2.32. The molecular weight excluding hydrogens is 374 g/mol. The van der Waals surface area contributed by atoms with Crippen molar-refractivity contribution in [3.8, 4) is 6.01 Å². The smallest absolute Gasteiger partial charge is 0.317 e. The highest BCUT2D eigenvalue weighted by Crippen LogP contribution is 2.24. The Bertz CT molecular complexity index is 630. The highest BCUT2D eigenvalue weighted by molar-refractivity contribution is 5.74. The molecule has 1 atom stereocenters. The quantitative estimate of drug-likeness (QED) is 0.733. The number of nitrogens with zero attached hydrogens (tertiary/aromatic N) is 4. The van der Waals surface area contributed by atoms with Crippen LogP contribution in [-0.2, 0) is 4.79 Å². The Morgan fingerprint density at radius 3 is 2.41 bits per heavy atom. The van der Waals surface area contributed by atoms with E-state index in [2.05, 4.69) is 41.0 Å². The molecule has 9 heteroatoms. The first-order valence-electron chi connectivity index (χ1n) is 10.1. The third-order valence-corrected chi connectivity index (χ3v) is 5.32. The second-order valence-electron chi connectivity index (χ2n) is 8.40. The number of carboxylic acid groups (broad SMARTS) is 1. The van der Waals surface area contributed by atoms with E-state index in [0.29, 0.717) is 25.0 Å². The van der Waals surface area contributed by atoms with Crippen molar-refractivity contribution in [2.75, 3.05) is 32.7 Å². The maximum atomic E-state index is 12.4. The van der Waals surface area contributed by atoms with Gasteiger partial charge in [-0.3, -0.25) is 9.69 Å². The van der Waals surface area contributed by atoms with Crippen LogP contribution in [0.5, 0.6) is 6.01 Å². The molecule has 1 unspecified atom stereocenters. The highest BCUT2D eigenvalue weighted by atomic mass is 16.5. The standard InChI is InChI=1S/C19H31N5O2.CH2O2/c1-19(2,3)24-12-5-15(14-24)13-22-18(25)23-10-6-16(7-11-23)26-17-20-8-4-9-21-17;2-1-3/h4,8-9,15-16H,5-7,10-14H2,1-3H3,(H,22,25);1H,(H,2,3). The van der Waals surface area contributed by atoms with Crippen molar-refractivity contribution < 1.29 is 19.4 Å². The van der Waals surface area contributed by atoms with Gasteiger partial charge in [0.1, 0.15) is 6.10 Å². The maximum Gasteiger partial charge on any atom is 0.317 e. The summed E-state index contributed by atoms with van der Waals surface area (Å²) in [5.41, 5.74) is 0.211. The second kappa shape index (κ2) is 10.9. The van der Waals surface area contributed by atoms with Gasteiger partial charge in [-0.2, -0.15) is 0 Å². The van der Waals surface area contributed by atoms with Gasteiger partial charge in [-0.15, -0.1) is 0 Å². The molecule has 3 rings (SSSR count). The van der Waals surface area contributed by atoms with Gasteiger partial charge in [0.25, 0.3) is 6.47 Å². The van der Waals surface area contributed by atoms with Crippen LogP contribution in [0.25, 0.3) is 0 Å². The van der Waals surface area contributed by atoms with E-state index in [4.69, 9.17) is 14.6 Å². The topological polar surface area (TPSA) is 108 Å². The molecule has 3 heterocycles. The molecule has 2 amide bonds. The highest BCUT2D eigenvalue weighted by Gasteiger charge is 2.31. The van der Waals surface area contributed by atoms with Crippen molar-refractivity contribution in [2.24, 2.45) is 5.92 Å². The third kappa shape index (κ3) is 7.49. The number of carbonyl (C=O) groups is 2. The summed E-state index contributed by atoms with van der Waals surface area (Å²) in [4.78, 5) is 33.4. The van der Waals surface area contributed by atoms with E-state index >= 15 is 0 Å². The second-order valence-corrected chi connectivity index (χ2v) is 8.40. The predicted octanol–water partition coefficient (Wildman–Crippen LogP) is 1.85. The average Bonchev–Trinajstić information content (AvgIpc) is 3.18. The summed E-state index contributed by atoms with van der Waals surface area (Å²) in [5.74, 6) is 0.550. The van der Waals surface area contributed by atoms with E-state index in [-0.39, 0.29) is 24.1 Å². The van der Waals surface area contributed by atoms with Crippen molar-refractivity contribution in [3.63, 3.8) is 0 Å². The number of hydrogen-bond acceptors (Lipinski definition) is 6. The first-order valence-corrected chi connectivity index (χ1v) is 10.1. The molecule has 9 nitrogen and oxygen atoms in total. The Morgan fingerprint density at radius 2 is 1.86 bits per heavy atom. The molecule has 2 aliphatic rings. The normalized spacial score (nSPS) is 20.5. The number of carbonyl (C=O) groups excluding carboxylic acids is 1. The lowest BCUT2D eigenvalue weighted by molar-refractivity contribution is -0.122. The Morgan fingerprint density at radius 1 is 1.24 bits per heavy atom. The van der Waals surface area contributed by atoms with Crippen LogP contribution in [0, 0.1) is 5.92 Å². The summed E-state index contributed by atoms with van der Waals surface area (Å²) in [6.07, 6.45) is 6.21. The molecule has 29 heavy (non-hydrogen) atoms. The summed E-state index contributed by atoms with van der Waals surface area (Å²) >= 11 is 0. The van der Waals surface area contributed by atoms with E-state index in [0.717, 1.165) is 38.9 Å². The molecule has 1 aromatic heterocycles. The van der Waals surface area contributed by atoms with E-state index in [9.17, 15) is 4.79 Å². The molecule has 0 aromatic carbocycles. The monoisotopic (exact) mass is 407 g/mol. The van der Waals surface area contributed by atoms with E-state index < -0.39 is 0 Å². The summed E-state index contributed by atoms with van der Waals surface area (Å²) in [7, 11) is 0. The summed E-state index contributed by atoms with van der Waals surface area (Å²) in [6.45, 7) is 10.9. The number of piperidine rings is 1. The molecule has 0 aliphatic carbocycles. The molecule has 2 saturated heterocycles. The molecule has 0 radical (unpaired) electrons. The van der Waals surface area contributed by atoms with Crippen LogP contribution < -0.4 is 10.1 Å². The predicted molar refractivity (Wildman–Crippen MR) is 109 cm³/mol. The maximum absolute atomic E-state index is 12.4. The number of aromatic nitrogens is 2. The number of nitrogens with one attached hydrogen (secondary N) is 1. The van der Waals surface area contributed by atoms with E-state index in [1.54, 1.807) is 18.5 Å². The zero-order valence-electron chi connectivity index (χ0n) is 17.6. The van der Waals surface area contributed by atoms with Crippen LogP contribution in [0.3, 0.4) is 0 Å². The fourth-order valence-electron chi connectivity index (χ4n) is 3.62. The fraction of sp³-hybridized carbons (Fsp3) is 0.700. The first kappa shape index (κ1) is 22.9. The minimum atomic E-state index is -0.250. The number of likely N-dealkylation sites (tertiary alicyclic amines) is 2. The van der Waals surface area contributed by atoms with Gasteiger partial charge in [0, 0.05) is 57.0 Å². The van der Waals surface area contributed by atoms with Gasteiger partial charge in [0.05, 0.1) is 0 Å². The SMILES string of the molecule is CC(C)(C)N1CCC(CNC(=O)N2CCC(Oc3ncccn3)CC2)C1.O=CO. The van der Waals surface area contributed by atoms with Gasteiger partial charge in [0.2, 0.25) is 0 Å². The van der Waals surface area contributed by atoms with Crippen LogP contribution in [0.4, 0.5) is 4.79 Å². The lowest BCUT2D eigenvalue weighted by Crippen LogP contribution is -2.47. The van der Waals surface area contributed by atoms with Crippen LogP contribution in [0.1, 0.15) is 40.0 Å². The number of hydrogen-bond donors (Lipinski definition) is 2. The van der Waals surface area contributed by atoms with Crippen molar-refractivity contribution in [1.29, 1.82) is 0 Å². The zero-order chi connectivity index (χ0) is 21.3. The number of rotatable bonds is 4. The van der Waals surface area contributed by atoms with E-state index in [1.807, 2.05) is 4.90 Å². The lowest BCUT2D eigenvalue weighted by atomic mass is 10.1. The Hall–Kier alpha value is -2.42. The Balaban J connectivity index is 0.000000941. The third-order valence-electron chi connectivity index (χ3n) is 5.32. The van der Waals surface area contributed by atoms with Crippen LogP contribution in [-0.4, -0.2) is 81.7 Å².